The van der Waals surface area contributed by atoms with Gasteiger partial charge in [-0.15, -0.1) is 11.8 Å². The van der Waals surface area contributed by atoms with E-state index >= 15 is 0 Å². The van der Waals surface area contributed by atoms with E-state index in [4.69, 9.17) is 11.6 Å². The highest BCUT2D eigenvalue weighted by molar-refractivity contribution is 8.00. The topological polar surface area (TPSA) is 32.3 Å². The number of thioether (sulfide) groups is 1. The zero-order valence-electron chi connectivity index (χ0n) is 13.9. The van der Waals surface area contributed by atoms with Gasteiger partial charge in [0.2, 0.25) is 5.91 Å². The van der Waals surface area contributed by atoms with Gasteiger partial charge in [0.05, 0.1) is 5.75 Å². The fraction of sp³-hybridized carbons (Fsp3) is 0.421. The number of piperidine rings is 1. The van der Waals surface area contributed by atoms with Gasteiger partial charge in [0.15, 0.2) is 0 Å². The van der Waals surface area contributed by atoms with Crippen LogP contribution in [0, 0.1) is 5.92 Å². The molecule has 0 saturated carbocycles. The van der Waals surface area contributed by atoms with Gasteiger partial charge in [-0.2, -0.15) is 0 Å². The van der Waals surface area contributed by atoms with Crippen LogP contribution in [0.1, 0.15) is 12.8 Å². The van der Waals surface area contributed by atoms with E-state index in [2.05, 4.69) is 17.4 Å². The Hall–Kier alpha value is -1.23. The molecule has 24 heavy (non-hydrogen) atoms. The maximum atomic E-state index is 12.6. The monoisotopic (exact) mass is 362 g/mol. The van der Waals surface area contributed by atoms with Crippen LogP contribution >= 0.6 is 23.4 Å². The second-order valence-corrected chi connectivity index (χ2v) is 7.71. The maximum absolute atomic E-state index is 12.6. The van der Waals surface area contributed by atoms with Gasteiger partial charge in [-0.25, -0.2) is 0 Å². The van der Waals surface area contributed by atoms with Gasteiger partial charge in [0, 0.05) is 28.4 Å². The van der Waals surface area contributed by atoms with Gasteiger partial charge >= 0.3 is 0 Å². The second kappa shape index (κ2) is 8.24. The van der Waals surface area contributed by atoms with Gasteiger partial charge in [-0.05, 0) is 49.9 Å². The lowest BCUT2D eigenvalue weighted by Crippen LogP contribution is -2.43. The number of fused-ring (bicyclic) bond motifs is 1. The molecule has 3 rings (SSSR count). The molecule has 0 bridgehead atoms. The van der Waals surface area contributed by atoms with Crippen LogP contribution < -0.4 is 5.32 Å². The van der Waals surface area contributed by atoms with Crippen LogP contribution in [0.15, 0.2) is 41.3 Å². The van der Waals surface area contributed by atoms with Crippen LogP contribution in [0.25, 0.3) is 10.8 Å². The zero-order valence-corrected chi connectivity index (χ0v) is 15.5. The molecule has 1 fully saturated rings. The van der Waals surface area contributed by atoms with E-state index in [1.807, 2.05) is 36.2 Å². The van der Waals surface area contributed by atoms with Crippen LogP contribution in [-0.2, 0) is 4.79 Å². The number of hydrogen-bond donors (Lipinski definition) is 1. The lowest BCUT2D eigenvalue weighted by molar-refractivity contribution is -0.130. The molecule has 0 aromatic heterocycles. The molecule has 0 radical (unpaired) electrons. The summed E-state index contributed by atoms with van der Waals surface area (Å²) < 4.78 is 0. The van der Waals surface area contributed by atoms with Crippen molar-refractivity contribution < 1.29 is 4.79 Å². The van der Waals surface area contributed by atoms with Gasteiger partial charge in [-0.1, -0.05) is 35.9 Å². The molecule has 1 saturated heterocycles. The number of amides is 1. The molecule has 0 spiro atoms. The van der Waals surface area contributed by atoms with E-state index in [1.54, 1.807) is 11.8 Å². The number of carbonyl (C=O) groups is 1. The quantitative estimate of drug-likeness (QED) is 0.814. The lowest BCUT2D eigenvalue weighted by atomic mass is 9.98. The number of likely N-dealkylation sites (tertiary alicyclic amines) is 1. The molecule has 0 aliphatic carbocycles. The normalized spacial score (nSPS) is 18.1. The average molecular weight is 363 g/mol. The number of benzene rings is 2. The van der Waals surface area contributed by atoms with E-state index in [9.17, 15) is 4.79 Å². The highest BCUT2D eigenvalue weighted by Gasteiger charge is 2.23. The second-order valence-electron chi connectivity index (χ2n) is 6.29. The first kappa shape index (κ1) is 17.6. The molecule has 5 heteroatoms. The van der Waals surface area contributed by atoms with Crippen molar-refractivity contribution in [3.8, 4) is 0 Å². The number of carbonyl (C=O) groups excluding carboxylic acids is 1. The van der Waals surface area contributed by atoms with E-state index in [1.165, 1.54) is 6.42 Å². The Morgan fingerprint density at radius 3 is 2.92 bits per heavy atom. The van der Waals surface area contributed by atoms with Crippen LogP contribution in [0.4, 0.5) is 0 Å². The molecule has 1 atom stereocenters. The van der Waals surface area contributed by atoms with Crippen molar-refractivity contribution in [2.45, 2.75) is 17.7 Å². The van der Waals surface area contributed by atoms with Gasteiger partial charge < -0.3 is 10.2 Å². The van der Waals surface area contributed by atoms with E-state index in [0.717, 1.165) is 46.7 Å². The number of hydrogen-bond acceptors (Lipinski definition) is 3. The average Bonchev–Trinajstić information content (AvgIpc) is 2.60. The standard InChI is InChI=1S/C19H23ClN2OS/c1-21-11-14-5-4-10-22(12-14)18(23)13-24-17-9-3-7-15-6-2-8-16(20)19(15)17/h2-3,6-9,14,21H,4-5,10-13H2,1H3. The molecule has 1 aliphatic heterocycles. The van der Waals surface area contributed by atoms with E-state index in [0.29, 0.717) is 11.7 Å². The van der Waals surface area contributed by atoms with Crippen molar-refractivity contribution in [1.29, 1.82) is 0 Å². The number of nitrogens with one attached hydrogen (secondary N) is 1. The first-order valence-electron chi connectivity index (χ1n) is 8.41. The Morgan fingerprint density at radius 2 is 2.12 bits per heavy atom. The Bertz CT molecular complexity index is 714. The number of halogens is 1. The zero-order chi connectivity index (χ0) is 16.9. The first-order chi connectivity index (χ1) is 11.7. The SMILES string of the molecule is CNCC1CCCN(C(=O)CSc2cccc3cccc(Cl)c23)C1. The minimum atomic E-state index is 0.227. The molecule has 2 aromatic carbocycles. The number of rotatable bonds is 5. The highest BCUT2D eigenvalue weighted by Crippen LogP contribution is 2.33. The van der Waals surface area contributed by atoms with E-state index in [-0.39, 0.29) is 5.91 Å². The molecular weight excluding hydrogens is 340 g/mol. The van der Waals surface area contributed by atoms with Gasteiger partial charge in [0.1, 0.15) is 0 Å². The van der Waals surface area contributed by atoms with Crippen molar-refractivity contribution >= 4 is 40.0 Å². The third-order valence-corrected chi connectivity index (χ3v) is 5.89. The Morgan fingerprint density at radius 1 is 1.33 bits per heavy atom. The van der Waals surface area contributed by atoms with Gasteiger partial charge in [0.25, 0.3) is 0 Å². The molecule has 2 aromatic rings. The molecule has 3 nitrogen and oxygen atoms in total. The molecule has 1 amide bonds. The largest absolute Gasteiger partial charge is 0.342 e. The molecule has 1 unspecified atom stereocenters. The summed E-state index contributed by atoms with van der Waals surface area (Å²) in [4.78, 5) is 15.7. The lowest BCUT2D eigenvalue weighted by Gasteiger charge is -2.32. The Kier molecular flexibility index (Phi) is 6.04. The summed E-state index contributed by atoms with van der Waals surface area (Å²) in [5.41, 5.74) is 0. The van der Waals surface area contributed by atoms with Crippen LogP contribution in [0.5, 0.6) is 0 Å². The summed E-state index contributed by atoms with van der Waals surface area (Å²) in [5.74, 6) is 1.27. The summed E-state index contributed by atoms with van der Waals surface area (Å²) in [5, 5.41) is 6.13. The smallest absolute Gasteiger partial charge is 0.232 e. The summed E-state index contributed by atoms with van der Waals surface area (Å²) in [6, 6.07) is 12.0. The highest BCUT2D eigenvalue weighted by atomic mass is 35.5. The maximum Gasteiger partial charge on any atom is 0.232 e. The minimum Gasteiger partial charge on any atom is -0.342 e. The predicted octanol–water partition coefficient (Wildman–Crippen LogP) is 4.04. The van der Waals surface area contributed by atoms with Crippen LogP contribution in [0.3, 0.4) is 0 Å². The van der Waals surface area contributed by atoms with E-state index < -0.39 is 0 Å². The molecule has 1 N–H and O–H groups in total. The van der Waals surface area contributed by atoms with Crippen molar-refractivity contribution in [1.82, 2.24) is 10.2 Å². The fourth-order valence-corrected chi connectivity index (χ4v) is 4.71. The first-order valence-corrected chi connectivity index (χ1v) is 9.78. The summed E-state index contributed by atoms with van der Waals surface area (Å²) in [6.07, 6.45) is 2.31. The summed E-state index contributed by atoms with van der Waals surface area (Å²) >= 11 is 7.95. The fourth-order valence-electron chi connectivity index (χ4n) is 3.36. The van der Waals surface area contributed by atoms with Gasteiger partial charge in [-0.3, -0.25) is 4.79 Å². The molecule has 1 heterocycles. The van der Waals surface area contributed by atoms with Crippen molar-refractivity contribution in [2.24, 2.45) is 5.92 Å². The molecular formula is C19H23ClN2OS. The Labute approximate surface area is 152 Å². The van der Waals surface area contributed by atoms with Crippen LogP contribution in [0.2, 0.25) is 5.02 Å². The minimum absolute atomic E-state index is 0.227. The predicted molar refractivity (Wildman–Crippen MR) is 103 cm³/mol. The number of nitrogens with zero attached hydrogens (tertiary/aromatic N) is 1. The van der Waals surface area contributed by atoms with Crippen molar-refractivity contribution in [2.75, 3.05) is 32.4 Å². The summed E-state index contributed by atoms with van der Waals surface area (Å²) in [6.45, 7) is 2.74. The van der Waals surface area contributed by atoms with Crippen LogP contribution in [-0.4, -0.2) is 43.2 Å². The van der Waals surface area contributed by atoms with Crippen molar-refractivity contribution in [3.05, 3.63) is 41.4 Å². The molecule has 1 aliphatic rings. The summed E-state index contributed by atoms with van der Waals surface area (Å²) in [7, 11) is 1.97. The third-order valence-electron chi connectivity index (χ3n) is 4.53. The Balaban J connectivity index is 1.66. The molecule has 128 valence electrons. The van der Waals surface area contributed by atoms with Crippen molar-refractivity contribution in [3.63, 3.8) is 0 Å². The third kappa shape index (κ3) is 4.05.